The van der Waals surface area contributed by atoms with Crippen molar-refractivity contribution in [1.29, 1.82) is 0 Å². The van der Waals surface area contributed by atoms with E-state index in [0.717, 1.165) is 18.6 Å². The minimum Gasteiger partial charge on any atom is -0.444 e. The molecule has 5 heteroatoms. The quantitative estimate of drug-likeness (QED) is 0.862. The highest BCUT2D eigenvalue weighted by Crippen LogP contribution is 2.26. The number of benzene rings is 1. The fourth-order valence-corrected chi connectivity index (χ4v) is 1.82. The molecule has 2 rings (SSSR count). The van der Waals surface area contributed by atoms with E-state index in [9.17, 15) is 4.79 Å². The van der Waals surface area contributed by atoms with E-state index in [1.807, 2.05) is 32.9 Å². The molecule has 0 aliphatic carbocycles. The lowest BCUT2D eigenvalue weighted by atomic mass is 10.1. The van der Waals surface area contributed by atoms with Crippen LogP contribution in [0.1, 0.15) is 26.3 Å². The molecule has 1 aromatic carbocycles. The van der Waals surface area contributed by atoms with Crippen LogP contribution in [0, 0.1) is 0 Å². The second-order valence-electron chi connectivity index (χ2n) is 5.60. The molecule has 1 aliphatic heterocycles. The lowest BCUT2D eigenvalue weighted by Gasteiger charge is -2.20. The monoisotopic (exact) mass is 283 g/mol. The fraction of sp³-hybridized carbons (Fsp3) is 0.500. The van der Waals surface area contributed by atoms with Crippen molar-refractivity contribution in [3.05, 3.63) is 28.8 Å². The second kappa shape index (κ2) is 5.39. The Bertz CT molecular complexity index is 478. The Hall–Kier alpha value is -1.26. The van der Waals surface area contributed by atoms with E-state index in [-0.39, 0.29) is 0 Å². The van der Waals surface area contributed by atoms with Gasteiger partial charge in [-0.3, -0.25) is 5.32 Å². The van der Waals surface area contributed by atoms with Gasteiger partial charge in [0.1, 0.15) is 5.60 Å². The van der Waals surface area contributed by atoms with Gasteiger partial charge in [0.2, 0.25) is 0 Å². The summed E-state index contributed by atoms with van der Waals surface area (Å²) in [5.41, 5.74) is 1.11. The molecule has 1 saturated heterocycles. The van der Waals surface area contributed by atoms with Crippen LogP contribution in [0.4, 0.5) is 10.5 Å². The van der Waals surface area contributed by atoms with Gasteiger partial charge in [-0.25, -0.2) is 4.79 Å². The maximum atomic E-state index is 11.7. The lowest BCUT2D eigenvalue weighted by molar-refractivity contribution is 0.0636. The van der Waals surface area contributed by atoms with Crippen LogP contribution >= 0.6 is 11.6 Å². The Balaban J connectivity index is 2.03. The maximum absolute atomic E-state index is 11.7. The maximum Gasteiger partial charge on any atom is 0.412 e. The first kappa shape index (κ1) is 14.2. The normalized spacial score (nSPS) is 18.0. The van der Waals surface area contributed by atoms with Crippen LogP contribution in [-0.4, -0.2) is 24.4 Å². The summed E-state index contributed by atoms with van der Waals surface area (Å²) >= 11 is 6.06. The van der Waals surface area contributed by atoms with Gasteiger partial charge in [-0.1, -0.05) is 17.7 Å². The number of hydrogen-bond acceptors (Lipinski definition) is 3. The van der Waals surface area contributed by atoms with E-state index in [2.05, 4.69) is 5.32 Å². The summed E-state index contributed by atoms with van der Waals surface area (Å²) in [5.74, 6) is 0. The van der Waals surface area contributed by atoms with E-state index in [1.54, 1.807) is 6.07 Å². The number of halogens is 1. The topological polar surface area (TPSA) is 50.9 Å². The minimum absolute atomic E-state index is 0.301. The molecule has 1 N–H and O–H groups in total. The molecule has 0 aromatic heterocycles. The predicted molar refractivity (Wildman–Crippen MR) is 74.8 cm³/mol. The van der Waals surface area contributed by atoms with Gasteiger partial charge < -0.3 is 9.47 Å². The van der Waals surface area contributed by atoms with Crippen molar-refractivity contribution in [3.8, 4) is 0 Å². The van der Waals surface area contributed by atoms with Gasteiger partial charge in [0.05, 0.1) is 23.4 Å². The number of epoxide rings is 1. The summed E-state index contributed by atoms with van der Waals surface area (Å²) in [4.78, 5) is 11.7. The van der Waals surface area contributed by atoms with Crippen molar-refractivity contribution in [3.63, 3.8) is 0 Å². The number of anilines is 1. The highest BCUT2D eigenvalue weighted by Gasteiger charge is 2.23. The smallest absolute Gasteiger partial charge is 0.412 e. The Morgan fingerprint density at radius 2 is 2.21 bits per heavy atom. The molecule has 1 unspecified atom stereocenters. The molecule has 4 nitrogen and oxygen atoms in total. The molecular formula is C14H18ClNO3. The number of carbonyl (C=O) groups excluding carboxylic acids is 1. The average molecular weight is 284 g/mol. The number of nitrogens with one attached hydrogen (secondary N) is 1. The minimum atomic E-state index is -0.532. The van der Waals surface area contributed by atoms with E-state index >= 15 is 0 Å². The van der Waals surface area contributed by atoms with E-state index in [0.29, 0.717) is 16.8 Å². The molecule has 0 bridgehead atoms. The molecule has 1 amide bonds. The zero-order valence-electron chi connectivity index (χ0n) is 11.3. The Morgan fingerprint density at radius 1 is 1.53 bits per heavy atom. The second-order valence-corrected chi connectivity index (χ2v) is 6.01. The molecule has 19 heavy (non-hydrogen) atoms. The zero-order chi connectivity index (χ0) is 14.0. The SMILES string of the molecule is CC(C)(C)OC(=O)Nc1cc(CC2CO2)ccc1Cl. The van der Waals surface area contributed by atoms with Crippen LogP contribution in [0.15, 0.2) is 18.2 Å². The summed E-state index contributed by atoms with van der Waals surface area (Å²) in [6.07, 6.45) is 0.630. The van der Waals surface area contributed by atoms with Gasteiger partial charge in [-0.05, 0) is 38.5 Å². The molecule has 1 fully saturated rings. The number of amides is 1. The third-order valence-corrected chi connectivity index (χ3v) is 2.86. The van der Waals surface area contributed by atoms with Gasteiger partial charge in [0.15, 0.2) is 0 Å². The Labute approximate surface area is 118 Å². The van der Waals surface area contributed by atoms with Crippen molar-refractivity contribution in [2.75, 3.05) is 11.9 Å². The molecule has 0 spiro atoms. The lowest BCUT2D eigenvalue weighted by Crippen LogP contribution is -2.27. The van der Waals surface area contributed by atoms with Crippen LogP contribution in [0.25, 0.3) is 0 Å². The molecule has 1 heterocycles. The highest BCUT2D eigenvalue weighted by molar-refractivity contribution is 6.33. The largest absolute Gasteiger partial charge is 0.444 e. The van der Waals surface area contributed by atoms with Crippen LogP contribution in [0.3, 0.4) is 0 Å². The number of carbonyl (C=O) groups is 1. The first-order chi connectivity index (χ1) is 8.83. The van der Waals surface area contributed by atoms with Crippen molar-refractivity contribution in [2.45, 2.75) is 38.9 Å². The zero-order valence-corrected chi connectivity index (χ0v) is 12.1. The number of ether oxygens (including phenoxy) is 2. The molecule has 1 aliphatic rings. The molecule has 1 aromatic rings. The fourth-order valence-electron chi connectivity index (χ4n) is 1.66. The summed E-state index contributed by atoms with van der Waals surface area (Å²) in [6.45, 7) is 6.25. The van der Waals surface area contributed by atoms with Crippen molar-refractivity contribution in [1.82, 2.24) is 0 Å². The Kier molecular flexibility index (Phi) is 4.02. The molecule has 0 radical (unpaired) electrons. The average Bonchev–Trinajstić information content (AvgIpc) is 3.04. The Morgan fingerprint density at radius 3 is 2.79 bits per heavy atom. The summed E-state index contributed by atoms with van der Waals surface area (Å²) < 4.78 is 10.4. The molecule has 1 atom stereocenters. The summed E-state index contributed by atoms with van der Waals surface area (Å²) in [7, 11) is 0. The molecule has 0 saturated carbocycles. The van der Waals surface area contributed by atoms with Crippen LogP contribution < -0.4 is 5.32 Å². The van der Waals surface area contributed by atoms with E-state index in [4.69, 9.17) is 21.1 Å². The first-order valence-corrected chi connectivity index (χ1v) is 6.61. The standard InChI is InChI=1S/C14H18ClNO3/c1-14(2,3)19-13(17)16-12-7-9(4-5-11(12)15)6-10-8-18-10/h4-5,7,10H,6,8H2,1-3H3,(H,16,17). The van der Waals surface area contributed by atoms with Crippen LogP contribution in [0.2, 0.25) is 5.02 Å². The van der Waals surface area contributed by atoms with Gasteiger partial charge in [0.25, 0.3) is 0 Å². The highest BCUT2D eigenvalue weighted by atomic mass is 35.5. The third kappa shape index (κ3) is 4.73. The van der Waals surface area contributed by atoms with Crippen LogP contribution in [0.5, 0.6) is 0 Å². The third-order valence-electron chi connectivity index (χ3n) is 2.53. The molecule has 104 valence electrons. The predicted octanol–water partition coefficient (Wildman–Crippen LogP) is 3.63. The first-order valence-electron chi connectivity index (χ1n) is 6.23. The number of hydrogen-bond donors (Lipinski definition) is 1. The summed E-state index contributed by atoms with van der Waals surface area (Å²) in [5, 5.41) is 3.16. The van der Waals surface area contributed by atoms with Gasteiger partial charge in [-0.2, -0.15) is 0 Å². The number of rotatable bonds is 3. The van der Waals surface area contributed by atoms with Crippen molar-refractivity contribution in [2.24, 2.45) is 0 Å². The van der Waals surface area contributed by atoms with Gasteiger partial charge in [-0.15, -0.1) is 0 Å². The summed E-state index contributed by atoms with van der Waals surface area (Å²) in [6, 6.07) is 5.56. The van der Waals surface area contributed by atoms with Crippen molar-refractivity contribution < 1.29 is 14.3 Å². The van der Waals surface area contributed by atoms with Crippen molar-refractivity contribution >= 4 is 23.4 Å². The van der Waals surface area contributed by atoms with E-state index < -0.39 is 11.7 Å². The van der Waals surface area contributed by atoms with Gasteiger partial charge in [0, 0.05) is 6.42 Å². The van der Waals surface area contributed by atoms with Crippen LogP contribution in [-0.2, 0) is 15.9 Å². The van der Waals surface area contributed by atoms with Gasteiger partial charge >= 0.3 is 6.09 Å². The van der Waals surface area contributed by atoms with E-state index in [1.165, 1.54) is 0 Å². The molecular weight excluding hydrogens is 266 g/mol.